The Kier molecular flexibility index (Phi) is 5.67. The molecule has 4 nitrogen and oxygen atoms in total. The fourth-order valence-corrected chi connectivity index (χ4v) is 3.19. The van der Waals surface area contributed by atoms with Gasteiger partial charge in [0.25, 0.3) is 0 Å². The molecule has 0 spiro atoms. The number of thioether (sulfide) groups is 1. The summed E-state index contributed by atoms with van der Waals surface area (Å²) in [5, 5.41) is 2.89. The summed E-state index contributed by atoms with van der Waals surface area (Å²) >= 11 is 1.67. The maximum atomic E-state index is 12.2. The van der Waals surface area contributed by atoms with Gasteiger partial charge in [-0.3, -0.25) is 9.59 Å². The van der Waals surface area contributed by atoms with Gasteiger partial charge in [-0.25, -0.2) is 0 Å². The molecule has 0 saturated carbocycles. The Bertz CT molecular complexity index is 517. The van der Waals surface area contributed by atoms with E-state index >= 15 is 0 Å². The van der Waals surface area contributed by atoms with Crippen LogP contribution in [0.5, 0.6) is 0 Å². The second-order valence-electron chi connectivity index (χ2n) is 5.58. The van der Waals surface area contributed by atoms with E-state index in [1.807, 2.05) is 24.3 Å². The smallest absolute Gasteiger partial charge is 0.240 e. The van der Waals surface area contributed by atoms with Gasteiger partial charge in [0, 0.05) is 23.6 Å². The second kappa shape index (κ2) is 7.50. The molecule has 0 unspecified atom stereocenters. The Morgan fingerprint density at radius 3 is 2.90 bits per heavy atom. The third-order valence-electron chi connectivity index (χ3n) is 3.38. The van der Waals surface area contributed by atoms with Gasteiger partial charge in [-0.15, -0.1) is 11.8 Å². The zero-order valence-corrected chi connectivity index (χ0v) is 13.4. The number of hydrogen-bond acceptors (Lipinski definition) is 3. The van der Waals surface area contributed by atoms with Crippen molar-refractivity contribution in [3.8, 4) is 0 Å². The molecule has 0 bridgehead atoms. The van der Waals surface area contributed by atoms with Crippen molar-refractivity contribution in [2.24, 2.45) is 5.92 Å². The molecular weight excluding hydrogens is 284 g/mol. The number of para-hydroxylation sites is 1. The van der Waals surface area contributed by atoms with Gasteiger partial charge in [-0.1, -0.05) is 26.0 Å². The highest BCUT2D eigenvalue weighted by Gasteiger charge is 2.24. The van der Waals surface area contributed by atoms with Crippen LogP contribution in [0, 0.1) is 5.92 Å². The van der Waals surface area contributed by atoms with Gasteiger partial charge in [-0.05, 0) is 24.5 Å². The molecule has 2 amide bonds. The molecule has 0 fully saturated rings. The van der Waals surface area contributed by atoms with Crippen molar-refractivity contribution >= 4 is 29.3 Å². The molecule has 1 aliphatic rings. The number of benzene rings is 1. The lowest BCUT2D eigenvalue weighted by Crippen LogP contribution is -2.41. The van der Waals surface area contributed by atoms with Crippen LogP contribution in [0.2, 0.25) is 0 Å². The number of fused-ring (bicyclic) bond motifs is 1. The van der Waals surface area contributed by atoms with Crippen LogP contribution in [0.4, 0.5) is 5.69 Å². The Hall–Kier alpha value is -1.49. The molecule has 1 heterocycles. The summed E-state index contributed by atoms with van der Waals surface area (Å²) in [5.74, 6) is 1.25. The highest BCUT2D eigenvalue weighted by Crippen LogP contribution is 2.33. The quantitative estimate of drug-likeness (QED) is 0.910. The van der Waals surface area contributed by atoms with Crippen LogP contribution < -0.4 is 10.2 Å². The van der Waals surface area contributed by atoms with Crippen molar-refractivity contribution < 1.29 is 9.59 Å². The van der Waals surface area contributed by atoms with Gasteiger partial charge >= 0.3 is 0 Å². The van der Waals surface area contributed by atoms with Crippen molar-refractivity contribution in [1.29, 1.82) is 0 Å². The van der Waals surface area contributed by atoms with Crippen molar-refractivity contribution in [3.05, 3.63) is 24.3 Å². The summed E-state index contributed by atoms with van der Waals surface area (Å²) in [7, 11) is 0. The van der Waals surface area contributed by atoms with E-state index in [9.17, 15) is 9.59 Å². The van der Waals surface area contributed by atoms with E-state index in [0.29, 0.717) is 18.9 Å². The molecule has 114 valence electrons. The number of anilines is 1. The van der Waals surface area contributed by atoms with Crippen LogP contribution >= 0.6 is 11.8 Å². The van der Waals surface area contributed by atoms with E-state index in [0.717, 1.165) is 22.8 Å². The van der Waals surface area contributed by atoms with Crippen molar-refractivity contribution in [2.45, 2.75) is 31.6 Å². The molecule has 1 N–H and O–H groups in total. The van der Waals surface area contributed by atoms with Crippen LogP contribution in [0.25, 0.3) is 0 Å². The molecule has 0 aliphatic carbocycles. The molecule has 0 atom stereocenters. The summed E-state index contributed by atoms with van der Waals surface area (Å²) in [4.78, 5) is 27.0. The number of amides is 2. The Balaban J connectivity index is 2.03. The molecular formula is C16H22N2O2S. The fourth-order valence-electron chi connectivity index (χ4n) is 2.19. The standard InChI is InChI=1S/C16H22N2O2S/c1-12(2)7-9-17-15(19)11-18-13-5-3-4-6-14(13)21-10-8-16(18)20/h3-6,12H,7-11H2,1-2H3,(H,17,19). The first-order valence-electron chi connectivity index (χ1n) is 7.37. The zero-order valence-electron chi connectivity index (χ0n) is 12.6. The van der Waals surface area contributed by atoms with Crippen LogP contribution in [0.1, 0.15) is 26.7 Å². The highest BCUT2D eigenvalue weighted by molar-refractivity contribution is 7.99. The number of nitrogens with zero attached hydrogens (tertiary/aromatic N) is 1. The van der Waals surface area contributed by atoms with E-state index in [2.05, 4.69) is 19.2 Å². The van der Waals surface area contributed by atoms with Gasteiger partial charge in [0.15, 0.2) is 0 Å². The molecule has 21 heavy (non-hydrogen) atoms. The first-order valence-corrected chi connectivity index (χ1v) is 8.35. The largest absolute Gasteiger partial charge is 0.355 e. The Labute approximate surface area is 130 Å². The van der Waals surface area contributed by atoms with E-state index in [-0.39, 0.29) is 18.4 Å². The number of nitrogens with one attached hydrogen (secondary N) is 1. The third kappa shape index (κ3) is 4.49. The van der Waals surface area contributed by atoms with Gasteiger partial charge in [0.05, 0.1) is 5.69 Å². The summed E-state index contributed by atoms with van der Waals surface area (Å²) in [6, 6.07) is 7.78. The SMILES string of the molecule is CC(C)CCNC(=O)CN1C(=O)CCSc2ccccc21. The van der Waals surface area contributed by atoms with E-state index < -0.39 is 0 Å². The summed E-state index contributed by atoms with van der Waals surface area (Å²) in [6.07, 6.45) is 1.42. The monoisotopic (exact) mass is 306 g/mol. The first-order chi connectivity index (χ1) is 10.1. The van der Waals surface area contributed by atoms with Gasteiger partial charge < -0.3 is 10.2 Å². The second-order valence-corrected chi connectivity index (χ2v) is 6.72. The average molecular weight is 306 g/mol. The molecule has 1 aromatic rings. The number of carbonyl (C=O) groups is 2. The van der Waals surface area contributed by atoms with Gasteiger partial charge in [-0.2, -0.15) is 0 Å². The predicted molar refractivity (Wildman–Crippen MR) is 86.6 cm³/mol. The topological polar surface area (TPSA) is 49.4 Å². The summed E-state index contributed by atoms with van der Waals surface area (Å²) in [6.45, 7) is 5.01. The molecule has 0 saturated heterocycles. The maximum Gasteiger partial charge on any atom is 0.240 e. The lowest BCUT2D eigenvalue weighted by Gasteiger charge is -2.22. The molecule has 5 heteroatoms. The fraction of sp³-hybridized carbons (Fsp3) is 0.500. The average Bonchev–Trinajstić information content (AvgIpc) is 2.59. The maximum absolute atomic E-state index is 12.2. The molecule has 1 aromatic carbocycles. The number of rotatable bonds is 5. The van der Waals surface area contributed by atoms with Crippen LogP contribution in [-0.4, -0.2) is 30.7 Å². The molecule has 0 radical (unpaired) electrons. The highest BCUT2D eigenvalue weighted by atomic mass is 32.2. The minimum absolute atomic E-state index is 0.0199. The van der Waals surface area contributed by atoms with E-state index in [1.54, 1.807) is 16.7 Å². The minimum atomic E-state index is -0.0919. The van der Waals surface area contributed by atoms with Crippen molar-refractivity contribution in [1.82, 2.24) is 5.32 Å². The number of carbonyl (C=O) groups excluding carboxylic acids is 2. The van der Waals surface area contributed by atoms with Crippen LogP contribution in [-0.2, 0) is 9.59 Å². The van der Waals surface area contributed by atoms with Crippen molar-refractivity contribution in [2.75, 3.05) is 23.7 Å². The predicted octanol–water partition coefficient (Wildman–Crippen LogP) is 2.68. The molecule has 2 rings (SSSR count). The molecule has 1 aliphatic heterocycles. The Morgan fingerprint density at radius 2 is 2.14 bits per heavy atom. The third-order valence-corrected chi connectivity index (χ3v) is 4.44. The van der Waals surface area contributed by atoms with E-state index in [1.165, 1.54) is 0 Å². The molecule has 0 aromatic heterocycles. The van der Waals surface area contributed by atoms with Crippen molar-refractivity contribution in [3.63, 3.8) is 0 Å². The van der Waals surface area contributed by atoms with Crippen LogP contribution in [0.3, 0.4) is 0 Å². The van der Waals surface area contributed by atoms with Gasteiger partial charge in [0.2, 0.25) is 11.8 Å². The Morgan fingerprint density at radius 1 is 1.38 bits per heavy atom. The van der Waals surface area contributed by atoms with Gasteiger partial charge in [0.1, 0.15) is 6.54 Å². The first kappa shape index (κ1) is 15.9. The van der Waals surface area contributed by atoms with E-state index in [4.69, 9.17) is 0 Å². The lowest BCUT2D eigenvalue weighted by atomic mass is 10.1. The van der Waals surface area contributed by atoms with Crippen LogP contribution in [0.15, 0.2) is 29.2 Å². The minimum Gasteiger partial charge on any atom is -0.355 e. The summed E-state index contributed by atoms with van der Waals surface area (Å²) in [5.41, 5.74) is 0.851. The lowest BCUT2D eigenvalue weighted by molar-refractivity contribution is -0.123. The number of hydrogen-bond donors (Lipinski definition) is 1. The normalized spacial score (nSPS) is 14.8. The zero-order chi connectivity index (χ0) is 15.2. The summed E-state index contributed by atoms with van der Waals surface area (Å²) < 4.78 is 0.